The van der Waals surface area contributed by atoms with Gasteiger partial charge in [0.1, 0.15) is 17.1 Å². The van der Waals surface area contributed by atoms with Crippen LogP contribution in [0.25, 0.3) is 0 Å². The van der Waals surface area contributed by atoms with Crippen molar-refractivity contribution in [2.45, 2.75) is 51.0 Å². The fourth-order valence-electron chi connectivity index (χ4n) is 3.64. The van der Waals surface area contributed by atoms with Gasteiger partial charge >= 0.3 is 0 Å². The highest BCUT2D eigenvalue weighted by Crippen LogP contribution is 2.44. The van der Waals surface area contributed by atoms with Crippen molar-refractivity contribution in [2.24, 2.45) is 5.92 Å². The van der Waals surface area contributed by atoms with Crippen LogP contribution in [0.1, 0.15) is 55.8 Å². The summed E-state index contributed by atoms with van der Waals surface area (Å²) in [7, 11) is 1.62. The molecule has 1 aromatic carbocycles. The van der Waals surface area contributed by atoms with Crippen molar-refractivity contribution >= 4 is 5.78 Å². The third-order valence-electron chi connectivity index (χ3n) is 4.78. The molecule has 1 heterocycles. The van der Waals surface area contributed by atoms with Crippen LogP contribution >= 0.6 is 0 Å². The largest absolute Gasteiger partial charge is 0.497 e. The highest BCUT2D eigenvalue weighted by Gasteiger charge is 2.43. The normalized spacial score (nSPS) is 28.9. The number of ether oxygens (including phenoxy) is 2. The summed E-state index contributed by atoms with van der Waals surface area (Å²) in [6.07, 6.45) is 6.14. The maximum absolute atomic E-state index is 12.5. The molecular weight excluding hydrogens is 252 g/mol. The van der Waals surface area contributed by atoms with Crippen LogP contribution in [-0.4, -0.2) is 18.5 Å². The number of hydrogen-bond acceptors (Lipinski definition) is 3. The molecule has 1 saturated carbocycles. The van der Waals surface area contributed by atoms with E-state index < -0.39 is 0 Å². The monoisotopic (exact) mass is 274 g/mol. The maximum atomic E-state index is 12.5. The van der Waals surface area contributed by atoms with Gasteiger partial charge in [-0.15, -0.1) is 0 Å². The average molecular weight is 274 g/mol. The van der Waals surface area contributed by atoms with Crippen LogP contribution in [-0.2, 0) is 0 Å². The van der Waals surface area contributed by atoms with E-state index in [1.54, 1.807) is 13.2 Å². The molecule has 0 N–H and O–H groups in total. The summed E-state index contributed by atoms with van der Waals surface area (Å²) in [4.78, 5) is 12.5. The van der Waals surface area contributed by atoms with E-state index in [1.165, 1.54) is 12.8 Å². The SMILES string of the molecule is CCC1CCCC2(CC(=O)c3cc(OC)ccc3O2)C1. The molecule has 108 valence electrons. The van der Waals surface area contributed by atoms with E-state index in [4.69, 9.17) is 9.47 Å². The predicted octanol–water partition coefficient (Wildman–Crippen LogP) is 4.00. The van der Waals surface area contributed by atoms with Crippen LogP contribution in [0.3, 0.4) is 0 Å². The third kappa shape index (κ3) is 2.30. The minimum Gasteiger partial charge on any atom is -0.497 e. The molecule has 0 bridgehead atoms. The molecule has 0 amide bonds. The Morgan fingerprint density at radius 1 is 1.45 bits per heavy atom. The molecule has 1 aliphatic carbocycles. The summed E-state index contributed by atoms with van der Waals surface area (Å²) in [5.41, 5.74) is 0.422. The number of rotatable bonds is 2. The Hall–Kier alpha value is -1.51. The molecule has 20 heavy (non-hydrogen) atoms. The lowest BCUT2D eigenvalue weighted by Gasteiger charge is -2.43. The number of fused-ring (bicyclic) bond motifs is 1. The summed E-state index contributed by atoms with van der Waals surface area (Å²) in [5.74, 6) is 2.34. The van der Waals surface area contributed by atoms with E-state index in [0.717, 1.165) is 25.0 Å². The van der Waals surface area contributed by atoms with Gasteiger partial charge in [-0.3, -0.25) is 4.79 Å². The van der Waals surface area contributed by atoms with Crippen molar-refractivity contribution in [1.29, 1.82) is 0 Å². The molecular formula is C17H22O3. The molecule has 0 aromatic heterocycles. The van der Waals surface area contributed by atoms with Gasteiger partial charge in [0.2, 0.25) is 0 Å². The van der Waals surface area contributed by atoms with E-state index in [9.17, 15) is 4.79 Å². The lowest BCUT2D eigenvalue weighted by molar-refractivity contribution is -0.00435. The molecule has 2 aliphatic rings. The lowest BCUT2D eigenvalue weighted by atomic mass is 9.73. The maximum Gasteiger partial charge on any atom is 0.170 e. The first kappa shape index (κ1) is 13.5. The second kappa shape index (κ2) is 5.12. The third-order valence-corrected chi connectivity index (χ3v) is 4.78. The van der Waals surface area contributed by atoms with Crippen LogP contribution in [0.5, 0.6) is 11.5 Å². The summed E-state index contributed by atoms with van der Waals surface area (Å²) in [6.45, 7) is 2.23. The molecule has 1 aromatic rings. The first-order chi connectivity index (χ1) is 9.65. The van der Waals surface area contributed by atoms with Crippen LogP contribution in [0.15, 0.2) is 18.2 Å². The van der Waals surface area contributed by atoms with Gasteiger partial charge in [-0.05, 0) is 43.4 Å². The van der Waals surface area contributed by atoms with Crippen LogP contribution in [0.2, 0.25) is 0 Å². The van der Waals surface area contributed by atoms with Crippen molar-refractivity contribution in [3.8, 4) is 11.5 Å². The molecule has 1 spiro atoms. The molecule has 0 saturated heterocycles. The molecule has 3 rings (SSSR count). The standard InChI is InChI=1S/C17H22O3/c1-3-12-5-4-8-17(10-12)11-15(18)14-9-13(19-2)6-7-16(14)20-17/h6-7,9,12H,3-5,8,10-11H2,1-2H3. The van der Waals surface area contributed by atoms with E-state index in [-0.39, 0.29) is 11.4 Å². The topological polar surface area (TPSA) is 35.5 Å². The minimum atomic E-state index is -0.252. The zero-order valence-corrected chi connectivity index (χ0v) is 12.3. The Kier molecular flexibility index (Phi) is 3.45. The summed E-state index contributed by atoms with van der Waals surface area (Å²) in [5, 5.41) is 0. The Morgan fingerprint density at radius 3 is 3.05 bits per heavy atom. The van der Waals surface area contributed by atoms with Crippen molar-refractivity contribution in [3.63, 3.8) is 0 Å². The number of hydrogen-bond donors (Lipinski definition) is 0. The van der Waals surface area contributed by atoms with Gasteiger partial charge in [-0.2, -0.15) is 0 Å². The van der Waals surface area contributed by atoms with Crippen molar-refractivity contribution in [3.05, 3.63) is 23.8 Å². The number of ketones is 1. The molecule has 2 unspecified atom stereocenters. The van der Waals surface area contributed by atoms with Crippen LogP contribution in [0.4, 0.5) is 0 Å². The fourth-order valence-corrected chi connectivity index (χ4v) is 3.64. The summed E-state index contributed by atoms with van der Waals surface area (Å²) < 4.78 is 11.5. The summed E-state index contributed by atoms with van der Waals surface area (Å²) >= 11 is 0. The molecule has 0 radical (unpaired) electrons. The minimum absolute atomic E-state index is 0.196. The number of methoxy groups -OCH3 is 1. The first-order valence-corrected chi connectivity index (χ1v) is 7.56. The number of carbonyl (C=O) groups excluding carboxylic acids is 1. The Morgan fingerprint density at radius 2 is 2.30 bits per heavy atom. The second-order valence-corrected chi connectivity index (χ2v) is 6.12. The Balaban J connectivity index is 1.90. The second-order valence-electron chi connectivity index (χ2n) is 6.12. The fraction of sp³-hybridized carbons (Fsp3) is 0.588. The zero-order chi connectivity index (χ0) is 14.2. The van der Waals surface area contributed by atoms with Gasteiger partial charge in [0.15, 0.2) is 5.78 Å². The Bertz CT molecular complexity index is 523. The Labute approximate surface area is 120 Å². The van der Waals surface area contributed by atoms with Crippen molar-refractivity contribution in [1.82, 2.24) is 0 Å². The molecule has 3 heteroatoms. The van der Waals surface area contributed by atoms with Gasteiger partial charge < -0.3 is 9.47 Å². The highest BCUT2D eigenvalue weighted by molar-refractivity contribution is 6.00. The number of benzene rings is 1. The summed E-state index contributed by atoms with van der Waals surface area (Å²) in [6, 6.07) is 5.54. The lowest BCUT2D eigenvalue weighted by Crippen LogP contribution is -2.45. The highest BCUT2D eigenvalue weighted by atomic mass is 16.5. The van der Waals surface area contributed by atoms with Crippen molar-refractivity contribution < 1.29 is 14.3 Å². The smallest absolute Gasteiger partial charge is 0.170 e. The van der Waals surface area contributed by atoms with E-state index in [2.05, 4.69) is 6.92 Å². The van der Waals surface area contributed by atoms with Gasteiger partial charge in [-0.25, -0.2) is 0 Å². The predicted molar refractivity (Wildman–Crippen MR) is 77.5 cm³/mol. The quantitative estimate of drug-likeness (QED) is 0.817. The zero-order valence-electron chi connectivity index (χ0n) is 12.3. The van der Waals surface area contributed by atoms with E-state index in [1.807, 2.05) is 12.1 Å². The molecule has 2 atom stereocenters. The molecule has 3 nitrogen and oxygen atoms in total. The van der Waals surface area contributed by atoms with E-state index >= 15 is 0 Å². The van der Waals surface area contributed by atoms with Gasteiger partial charge in [0.05, 0.1) is 19.1 Å². The molecule has 1 fully saturated rings. The van der Waals surface area contributed by atoms with Crippen LogP contribution < -0.4 is 9.47 Å². The molecule has 1 aliphatic heterocycles. The number of Topliss-reactive ketones (excluding diaryl/α,β-unsaturated/α-hetero) is 1. The van der Waals surface area contributed by atoms with Gasteiger partial charge in [0, 0.05) is 0 Å². The first-order valence-electron chi connectivity index (χ1n) is 7.56. The van der Waals surface area contributed by atoms with Crippen molar-refractivity contribution in [2.75, 3.05) is 7.11 Å². The number of carbonyl (C=O) groups is 1. The van der Waals surface area contributed by atoms with E-state index in [0.29, 0.717) is 23.7 Å². The van der Waals surface area contributed by atoms with Gasteiger partial charge in [0.25, 0.3) is 0 Å². The average Bonchev–Trinajstić information content (AvgIpc) is 2.47. The van der Waals surface area contributed by atoms with Crippen LogP contribution in [0, 0.1) is 5.92 Å². The van der Waals surface area contributed by atoms with Gasteiger partial charge in [-0.1, -0.05) is 19.8 Å².